The number of carbonyl (C=O) groups is 2. The van der Waals surface area contributed by atoms with Crippen LogP contribution in [0, 0.1) is 13.8 Å². The predicted octanol–water partition coefficient (Wildman–Crippen LogP) is 2.12. The van der Waals surface area contributed by atoms with Gasteiger partial charge in [0.2, 0.25) is 6.79 Å². The Labute approximate surface area is 144 Å². The third-order valence-electron chi connectivity index (χ3n) is 3.70. The van der Waals surface area contributed by atoms with E-state index in [1.807, 2.05) is 32.0 Å². The van der Waals surface area contributed by atoms with E-state index in [4.69, 9.17) is 9.47 Å². The maximum absolute atomic E-state index is 12.0. The molecule has 0 unspecified atom stereocenters. The molecule has 1 aliphatic heterocycles. The summed E-state index contributed by atoms with van der Waals surface area (Å²) in [6.45, 7) is 3.90. The van der Waals surface area contributed by atoms with Crippen molar-refractivity contribution in [2.45, 2.75) is 13.8 Å². The van der Waals surface area contributed by atoms with E-state index in [1.54, 1.807) is 18.2 Å². The normalized spacial score (nSPS) is 12.2. The minimum absolute atomic E-state index is 0.186. The van der Waals surface area contributed by atoms with Gasteiger partial charge in [-0.1, -0.05) is 18.2 Å². The fraction of sp³-hybridized carbons (Fsp3) is 0.167. The second-order valence-corrected chi connectivity index (χ2v) is 5.53. The van der Waals surface area contributed by atoms with E-state index in [9.17, 15) is 9.59 Å². The number of nitrogens with zero attached hydrogens (tertiary/aromatic N) is 1. The van der Waals surface area contributed by atoms with Gasteiger partial charge >= 0.3 is 11.8 Å². The van der Waals surface area contributed by atoms with Crippen molar-refractivity contribution in [2.24, 2.45) is 5.10 Å². The van der Waals surface area contributed by atoms with Crippen LogP contribution in [-0.2, 0) is 9.59 Å². The van der Waals surface area contributed by atoms with Crippen LogP contribution in [0.5, 0.6) is 11.5 Å². The minimum atomic E-state index is -0.848. The Hall–Kier alpha value is -3.35. The Balaban J connectivity index is 1.59. The summed E-state index contributed by atoms with van der Waals surface area (Å²) < 4.78 is 10.5. The Morgan fingerprint density at radius 1 is 1.04 bits per heavy atom. The van der Waals surface area contributed by atoms with E-state index in [1.165, 1.54) is 6.21 Å². The van der Waals surface area contributed by atoms with Gasteiger partial charge in [-0.15, -0.1) is 0 Å². The third-order valence-corrected chi connectivity index (χ3v) is 3.70. The number of hydrazone groups is 1. The second-order valence-electron chi connectivity index (χ2n) is 5.53. The Bertz CT molecular complexity index is 841. The number of carbonyl (C=O) groups excluding carboxylic acids is 2. The smallest absolute Gasteiger partial charge is 0.329 e. The van der Waals surface area contributed by atoms with Crippen molar-refractivity contribution in [3.63, 3.8) is 0 Å². The third kappa shape index (κ3) is 3.77. The first kappa shape index (κ1) is 16.5. The van der Waals surface area contributed by atoms with Gasteiger partial charge in [0.1, 0.15) is 0 Å². The monoisotopic (exact) mass is 339 g/mol. The number of rotatable bonds is 3. The quantitative estimate of drug-likeness (QED) is 0.509. The molecule has 25 heavy (non-hydrogen) atoms. The lowest BCUT2D eigenvalue weighted by Gasteiger charge is -2.10. The average molecular weight is 339 g/mol. The first-order valence-electron chi connectivity index (χ1n) is 7.65. The molecular weight excluding hydrogens is 322 g/mol. The molecule has 128 valence electrons. The van der Waals surface area contributed by atoms with Gasteiger partial charge in [-0.2, -0.15) is 5.10 Å². The van der Waals surface area contributed by atoms with Crippen LogP contribution < -0.4 is 20.2 Å². The van der Waals surface area contributed by atoms with Gasteiger partial charge < -0.3 is 14.8 Å². The van der Waals surface area contributed by atoms with E-state index in [-0.39, 0.29) is 6.79 Å². The molecule has 0 bridgehead atoms. The summed E-state index contributed by atoms with van der Waals surface area (Å²) in [5, 5.41) is 6.39. The molecule has 1 aliphatic rings. The number of benzene rings is 2. The van der Waals surface area contributed by atoms with Crippen LogP contribution >= 0.6 is 0 Å². The van der Waals surface area contributed by atoms with Gasteiger partial charge in [0.15, 0.2) is 11.5 Å². The molecule has 7 heteroatoms. The summed E-state index contributed by atoms with van der Waals surface area (Å²) in [6, 6.07) is 10.8. The summed E-state index contributed by atoms with van der Waals surface area (Å²) in [7, 11) is 0. The first-order chi connectivity index (χ1) is 12.0. The number of anilines is 1. The maximum Gasteiger partial charge on any atom is 0.329 e. The number of aryl methyl sites for hydroxylation is 2. The molecule has 2 amide bonds. The van der Waals surface area contributed by atoms with Crippen molar-refractivity contribution < 1.29 is 19.1 Å². The van der Waals surface area contributed by atoms with Gasteiger partial charge in [0.05, 0.1) is 6.21 Å². The van der Waals surface area contributed by atoms with Crippen molar-refractivity contribution in [2.75, 3.05) is 12.1 Å². The van der Waals surface area contributed by atoms with Gasteiger partial charge in [-0.3, -0.25) is 9.59 Å². The number of nitrogens with one attached hydrogen (secondary N) is 2. The van der Waals surface area contributed by atoms with Crippen LogP contribution in [-0.4, -0.2) is 24.8 Å². The zero-order valence-corrected chi connectivity index (χ0v) is 13.8. The zero-order valence-electron chi connectivity index (χ0n) is 13.8. The molecule has 2 N–H and O–H groups in total. The van der Waals surface area contributed by atoms with Crippen LogP contribution in [0.25, 0.3) is 0 Å². The molecule has 0 atom stereocenters. The van der Waals surface area contributed by atoms with Crippen LogP contribution in [0.4, 0.5) is 5.69 Å². The largest absolute Gasteiger partial charge is 0.454 e. The minimum Gasteiger partial charge on any atom is -0.454 e. The Morgan fingerprint density at radius 3 is 2.52 bits per heavy atom. The van der Waals surface area contributed by atoms with Crippen molar-refractivity contribution in [3.8, 4) is 11.5 Å². The number of amides is 2. The van der Waals surface area contributed by atoms with E-state index >= 15 is 0 Å². The molecular formula is C18H17N3O4. The van der Waals surface area contributed by atoms with Crippen LogP contribution in [0.2, 0.25) is 0 Å². The van der Waals surface area contributed by atoms with Crippen molar-refractivity contribution in [1.29, 1.82) is 0 Å². The topological polar surface area (TPSA) is 89.0 Å². The molecule has 0 saturated carbocycles. The molecule has 0 saturated heterocycles. The zero-order chi connectivity index (χ0) is 17.8. The number of ether oxygens (including phenoxy) is 2. The van der Waals surface area contributed by atoms with Gasteiger partial charge in [-0.25, -0.2) is 5.43 Å². The van der Waals surface area contributed by atoms with Crippen molar-refractivity contribution in [1.82, 2.24) is 5.43 Å². The van der Waals surface area contributed by atoms with Gasteiger partial charge in [0.25, 0.3) is 0 Å². The summed E-state index contributed by atoms with van der Waals surface area (Å²) in [5.74, 6) is -0.350. The molecule has 0 aliphatic carbocycles. The fourth-order valence-electron chi connectivity index (χ4n) is 2.39. The second kappa shape index (κ2) is 7.04. The fourth-order valence-corrected chi connectivity index (χ4v) is 2.39. The molecule has 7 nitrogen and oxygen atoms in total. The van der Waals surface area contributed by atoms with Crippen LogP contribution in [0.3, 0.4) is 0 Å². The predicted molar refractivity (Wildman–Crippen MR) is 92.8 cm³/mol. The highest BCUT2D eigenvalue weighted by Crippen LogP contribution is 2.31. The molecule has 0 fully saturated rings. The van der Waals surface area contributed by atoms with E-state index in [0.717, 1.165) is 11.1 Å². The van der Waals surface area contributed by atoms with Crippen molar-refractivity contribution >= 4 is 23.7 Å². The number of para-hydroxylation sites is 1. The van der Waals surface area contributed by atoms with Gasteiger partial charge in [0, 0.05) is 5.69 Å². The summed E-state index contributed by atoms with van der Waals surface area (Å²) >= 11 is 0. The molecule has 0 radical (unpaired) electrons. The molecule has 0 spiro atoms. The Morgan fingerprint density at radius 2 is 1.76 bits per heavy atom. The molecule has 3 rings (SSSR count). The number of fused-ring (bicyclic) bond motifs is 1. The highest BCUT2D eigenvalue weighted by molar-refractivity contribution is 6.39. The van der Waals surface area contributed by atoms with Crippen molar-refractivity contribution in [3.05, 3.63) is 53.1 Å². The van der Waals surface area contributed by atoms with E-state index in [2.05, 4.69) is 15.8 Å². The lowest BCUT2D eigenvalue weighted by molar-refractivity contribution is -0.136. The van der Waals surface area contributed by atoms with Crippen LogP contribution in [0.15, 0.2) is 41.5 Å². The highest BCUT2D eigenvalue weighted by atomic mass is 16.7. The lowest BCUT2D eigenvalue weighted by Crippen LogP contribution is -2.32. The summed E-state index contributed by atoms with van der Waals surface area (Å²) in [4.78, 5) is 23.8. The molecule has 0 aromatic heterocycles. The Kier molecular flexibility index (Phi) is 4.65. The highest BCUT2D eigenvalue weighted by Gasteiger charge is 2.15. The van der Waals surface area contributed by atoms with E-state index < -0.39 is 11.8 Å². The summed E-state index contributed by atoms with van der Waals surface area (Å²) in [5.41, 5.74) is 5.30. The van der Waals surface area contributed by atoms with E-state index in [0.29, 0.717) is 22.7 Å². The number of hydrogen-bond acceptors (Lipinski definition) is 5. The molecule has 2 aromatic carbocycles. The standard InChI is InChI=1S/C18H17N3O4/c1-11-4-3-5-12(2)16(11)20-17(22)18(23)21-19-9-13-6-7-14-15(8-13)25-10-24-14/h3-9H,10H2,1-2H3,(H,20,22)(H,21,23)/b19-9-. The first-order valence-corrected chi connectivity index (χ1v) is 7.65. The number of hydrogen-bond donors (Lipinski definition) is 2. The SMILES string of the molecule is Cc1cccc(C)c1NC(=O)C(=O)N/N=C\c1ccc2c(c1)OCO2. The molecule has 1 heterocycles. The molecule has 2 aromatic rings. The van der Waals surface area contributed by atoms with Gasteiger partial charge in [-0.05, 0) is 48.7 Å². The summed E-state index contributed by atoms with van der Waals surface area (Å²) in [6.07, 6.45) is 1.42. The maximum atomic E-state index is 12.0. The van der Waals surface area contributed by atoms with Crippen LogP contribution in [0.1, 0.15) is 16.7 Å². The lowest BCUT2D eigenvalue weighted by atomic mass is 10.1. The average Bonchev–Trinajstić information content (AvgIpc) is 3.05.